The number of hydrogen-bond donors (Lipinski definition) is 3. The summed E-state index contributed by atoms with van der Waals surface area (Å²) in [5, 5.41) is 13.7. The molecule has 1 heterocycles. The number of carbonyl (C=O) groups excluding carboxylic acids is 3. The first-order chi connectivity index (χ1) is 17.7. The Hall–Kier alpha value is -4.92. The molecule has 9 nitrogen and oxygen atoms in total. The van der Waals surface area contributed by atoms with Gasteiger partial charge in [-0.25, -0.2) is 4.98 Å². The van der Waals surface area contributed by atoms with Crippen LogP contribution >= 0.6 is 0 Å². The fourth-order valence-corrected chi connectivity index (χ4v) is 3.99. The van der Waals surface area contributed by atoms with Gasteiger partial charge in [0.2, 0.25) is 11.8 Å². The van der Waals surface area contributed by atoms with Crippen molar-refractivity contribution in [1.82, 2.24) is 10.3 Å². The number of nitrogens with one attached hydrogen (secondary N) is 1. The SMILES string of the molecule is COc1nc(C(=O)NCC(N)=O)c(O)c2ccc(Oc3c(C)cc(C(=O)c4ccccc4)cc3C)cc12. The summed E-state index contributed by atoms with van der Waals surface area (Å²) in [6, 6.07) is 17.5. The quantitative estimate of drug-likeness (QED) is 0.313. The zero-order valence-electron chi connectivity index (χ0n) is 20.5. The number of ketones is 1. The van der Waals surface area contributed by atoms with Crippen LogP contribution in [0.15, 0.2) is 60.7 Å². The van der Waals surface area contributed by atoms with Crippen LogP contribution in [-0.4, -0.2) is 41.3 Å². The maximum atomic E-state index is 12.9. The molecule has 0 saturated heterocycles. The van der Waals surface area contributed by atoms with Crippen LogP contribution in [0.25, 0.3) is 10.8 Å². The molecule has 0 aliphatic heterocycles. The second-order valence-electron chi connectivity index (χ2n) is 8.41. The average Bonchev–Trinajstić information content (AvgIpc) is 2.89. The van der Waals surface area contributed by atoms with Crippen LogP contribution in [0.1, 0.15) is 37.5 Å². The van der Waals surface area contributed by atoms with Crippen molar-refractivity contribution in [2.75, 3.05) is 13.7 Å². The average molecular weight is 500 g/mol. The van der Waals surface area contributed by atoms with Gasteiger partial charge in [0.15, 0.2) is 17.2 Å². The second kappa shape index (κ2) is 10.4. The van der Waals surface area contributed by atoms with E-state index in [1.165, 1.54) is 7.11 Å². The lowest BCUT2D eigenvalue weighted by Gasteiger charge is -2.15. The Bertz CT molecular complexity index is 1510. The molecule has 0 spiro atoms. The highest BCUT2D eigenvalue weighted by Gasteiger charge is 2.21. The lowest BCUT2D eigenvalue weighted by molar-refractivity contribution is -0.117. The molecule has 9 heteroatoms. The molecule has 1 aromatic heterocycles. The van der Waals surface area contributed by atoms with Gasteiger partial charge in [0.05, 0.1) is 19.0 Å². The lowest BCUT2D eigenvalue weighted by atomic mass is 9.98. The van der Waals surface area contributed by atoms with Gasteiger partial charge >= 0.3 is 0 Å². The Kier molecular flexibility index (Phi) is 7.06. The van der Waals surface area contributed by atoms with Gasteiger partial charge in [-0.05, 0) is 55.3 Å². The lowest BCUT2D eigenvalue weighted by Crippen LogP contribution is -2.33. The third-order valence-electron chi connectivity index (χ3n) is 5.72. The van der Waals surface area contributed by atoms with Gasteiger partial charge in [-0.2, -0.15) is 0 Å². The van der Waals surface area contributed by atoms with E-state index in [0.717, 1.165) is 11.1 Å². The molecular formula is C28H25N3O6. The number of primary amides is 1. The fraction of sp³-hybridized carbons (Fsp3) is 0.143. The molecule has 0 saturated carbocycles. The first-order valence-corrected chi connectivity index (χ1v) is 11.4. The van der Waals surface area contributed by atoms with Crippen molar-refractivity contribution >= 4 is 28.4 Å². The Morgan fingerprint density at radius 1 is 0.946 bits per heavy atom. The van der Waals surface area contributed by atoms with Crippen LogP contribution in [0.3, 0.4) is 0 Å². The summed E-state index contributed by atoms with van der Waals surface area (Å²) in [4.78, 5) is 40.4. The highest BCUT2D eigenvalue weighted by molar-refractivity contribution is 6.09. The number of nitrogens with two attached hydrogens (primary N) is 1. The van der Waals surface area contributed by atoms with Crippen LogP contribution < -0.4 is 20.5 Å². The maximum Gasteiger partial charge on any atom is 0.274 e. The molecule has 37 heavy (non-hydrogen) atoms. The standard InChI is InChI=1S/C28H25N3O6/c1-15-11-18(24(33)17-7-5-4-6-8-17)12-16(2)26(15)37-19-9-10-20-21(13-19)28(36-3)31-23(25(20)34)27(35)30-14-22(29)32/h4-13,34H,14H2,1-3H3,(H2,29,32)(H,30,35). The largest absolute Gasteiger partial charge is 0.505 e. The number of nitrogens with zero attached hydrogens (tertiary/aromatic N) is 1. The fourth-order valence-electron chi connectivity index (χ4n) is 3.99. The minimum atomic E-state index is -0.770. The van der Waals surface area contributed by atoms with Gasteiger partial charge in [0, 0.05) is 16.5 Å². The van der Waals surface area contributed by atoms with Crippen LogP contribution in [0.5, 0.6) is 23.1 Å². The highest BCUT2D eigenvalue weighted by Crippen LogP contribution is 2.38. The van der Waals surface area contributed by atoms with Crippen LogP contribution in [0.2, 0.25) is 0 Å². The third kappa shape index (κ3) is 5.20. The molecule has 0 atom stereocenters. The van der Waals surface area contributed by atoms with Crippen molar-refractivity contribution in [1.29, 1.82) is 0 Å². The summed E-state index contributed by atoms with van der Waals surface area (Å²) in [5.74, 6) is -0.848. The number of aromatic nitrogens is 1. The van der Waals surface area contributed by atoms with Crippen molar-refractivity contribution in [3.63, 3.8) is 0 Å². The monoisotopic (exact) mass is 499 g/mol. The third-order valence-corrected chi connectivity index (χ3v) is 5.72. The van der Waals surface area contributed by atoms with Gasteiger partial charge in [-0.3, -0.25) is 14.4 Å². The summed E-state index contributed by atoms with van der Waals surface area (Å²) >= 11 is 0. The normalized spacial score (nSPS) is 10.7. The Morgan fingerprint density at radius 3 is 2.24 bits per heavy atom. The Balaban J connectivity index is 1.67. The maximum absolute atomic E-state index is 12.9. The summed E-state index contributed by atoms with van der Waals surface area (Å²) < 4.78 is 11.5. The molecule has 0 aliphatic rings. The number of carbonyl (C=O) groups is 3. The molecule has 188 valence electrons. The number of benzene rings is 3. The minimum Gasteiger partial charge on any atom is -0.505 e. The van der Waals surface area contributed by atoms with Crippen molar-refractivity contribution in [3.8, 4) is 23.1 Å². The second-order valence-corrected chi connectivity index (χ2v) is 8.41. The van der Waals surface area contributed by atoms with Crippen LogP contribution in [0, 0.1) is 13.8 Å². The molecule has 3 aromatic carbocycles. The zero-order chi connectivity index (χ0) is 26.7. The van der Waals surface area contributed by atoms with Crippen LogP contribution in [-0.2, 0) is 4.79 Å². The van der Waals surface area contributed by atoms with Gasteiger partial charge in [-0.1, -0.05) is 30.3 Å². The molecule has 4 N–H and O–H groups in total. The number of rotatable bonds is 8. The van der Waals surface area contributed by atoms with E-state index in [9.17, 15) is 19.5 Å². The molecule has 4 aromatic rings. The number of fused-ring (bicyclic) bond motifs is 1. The number of methoxy groups -OCH3 is 1. The van der Waals surface area contributed by atoms with Crippen molar-refractivity contribution in [2.45, 2.75) is 13.8 Å². The van der Waals surface area contributed by atoms with E-state index in [1.807, 2.05) is 32.0 Å². The number of amides is 2. The van der Waals surface area contributed by atoms with Crippen molar-refractivity contribution in [2.24, 2.45) is 5.73 Å². The first-order valence-electron chi connectivity index (χ1n) is 11.4. The summed E-state index contributed by atoms with van der Waals surface area (Å²) in [7, 11) is 1.38. The van der Waals surface area contributed by atoms with E-state index in [0.29, 0.717) is 33.4 Å². The zero-order valence-corrected chi connectivity index (χ0v) is 20.5. The molecule has 0 bridgehead atoms. The predicted octanol–water partition coefficient (Wildman–Crippen LogP) is 3.80. The van der Waals surface area contributed by atoms with E-state index in [1.54, 1.807) is 42.5 Å². The molecule has 0 unspecified atom stereocenters. The van der Waals surface area contributed by atoms with Crippen molar-refractivity contribution < 1.29 is 29.0 Å². The van der Waals surface area contributed by atoms with E-state index in [-0.39, 0.29) is 23.1 Å². The highest BCUT2D eigenvalue weighted by atomic mass is 16.5. The van der Waals surface area contributed by atoms with E-state index < -0.39 is 18.4 Å². The van der Waals surface area contributed by atoms with Crippen molar-refractivity contribution in [3.05, 3.63) is 88.6 Å². The Morgan fingerprint density at radius 2 is 1.62 bits per heavy atom. The van der Waals surface area contributed by atoms with Gasteiger partial charge in [0.25, 0.3) is 5.91 Å². The van der Waals surface area contributed by atoms with Gasteiger partial charge in [0.1, 0.15) is 11.5 Å². The topological polar surface area (TPSA) is 141 Å². The number of aromatic hydroxyl groups is 1. The summed E-state index contributed by atoms with van der Waals surface area (Å²) in [6.07, 6.45) is 0. The summed E-state index contributed by atoms with van der Waals surface area (Å²) in [5.41, 5.74) is 7.47. The van der Waals surface area contributed by atoms with E-state index in [2.05, 4.69) is 10.3 Å². The predicted molar refractivity (Wildman–Crippen MR) is 137 cm³/mol. The van der Waals surface area contributed by atoms with E-state index in [4.69, 9.17) is 15.2 Å². The minimum absolute atomic E-state index is 0.0778. The van der Waals surface area contributed by atoms with Gasteiger partial charge < -0.3 is 25.6 Å². The number of hydrogen-bond acceptors (Lipinski definition) is 7. The van der Waals surface area contributed by atoms with E-state index >= 15 is 0 Å². The summed E-state index contributed by atoms with van der Waals surface area (Å²) in [6.45, 7) is 3.31. The Labute approximate surface area is 212 Å². The molecule has 0 radical (unpaired) electrons. The number of pyridine rings is 1. The van der Waals surface area contributed by atoms with Gasteiger partial charge in [-0.15, -0.1) is 0 Å². The van der Waals surface area contributed by atoms with Crippen LogP contribution in [0.4, 0.5) is 0 Å². The molecule has 0 aliphatic carbocycles. The molecular weight excluding hydrogens is 474 g/mol. The smallest absolute Gasteiger partial charge is 0.274 e. The first kappa shape index (κ1) is 25.2. The number of aryl methyl sites for hydroxylation is 2. The number of ether oxygens (including phenoxy) is 2. The molecule has 0 fully saturated rings. The molecule has 4 rings (SSSR count). The molecule has 2 amide bonds.